The maximum Gasteiger partial charge on any atom is 0.131 e. The van der Waals surface area contributed by atoms with Gasteiger partial charge in [0.1, 0.15) is 5.84 Å². The van der Waals surface area contributed by atoms with Crippen LogP contribution in [0, 0.1) is 0 Å². The van der Waals surface area contributed by atoms with Crippen LogP contribution in [0.2, 0.25) is 10.0 Å². The maximum absolute atomic E-state index is 6.05. The van der Waals surface area contributed by atoms with Crippen LogP contribution in [0.4, 0.5) is 0 Å². The second-order valence-corrected chi connectivity index (χ2v) is 6.32. The highest BCUT2D eigenvalue weighted by atomic mass is 35.5. The lowest BCUT2D eigenvalue weighted by molar-refractivity contribution is 0.627. The number of rotatable bonds is 4. The van der Waals surface area contributed by atoms with E-state index in [1.807, 2.05) is 73.6 Å². The molecule has 4 heteroatoms. The van der Waals surface area contributed by atoms with Crippen LogP contribution in [0.5, 0.6) is 0 Å². The van der Waals surface area contributed by atoms with Gasteiger partial charge in [-0.2, -0.15) is 0 Å². The van der Waals surface area contributed by atoms with Gasteiger partial charge in [0.25, 0.3) is 0 Å². The Hall–Kier alpha value is -2.03. The van der Waals surface area contributed by atoms with Crippen LogP contribution >= 0.6 is 23.2 Å². The number of allylic oxidation sites excluding steroid dienone is 2. The standard InChI is InChI=1S/C20H20Cl2N2/c1-5-18(14-6-10-16(21)11-7-14)19(20(23-2)24(3)4)15-8-12-17(22)13-9-15/h5-13H,1H2,2-4H3/b19-18+,23-20?. The van der Waals surface area contributed by atoms with E-state index in [1.165, 1.54) is 0 Å². The summed E-state index contributed by atoms with van der Waals surface area (Å²) in [4.78, 5) is 6.47. The summed E-state index contributed by atoms with van der Waals surface area (Å²) in [7, 11) is 5.73. The Bertz CT molecular complexity index is 770. The minimum atomic E-state index is 0.699. The number of nitrogens with zero attached hydrogens (tertiary/aromatic N) is 2. The maximum atomic E-state index is 6.05. The van der Waals surface area contributed by atoms with Crippen molar-refractivity contribution in [3.05, 3.63) is 82.4 Å². The molecule has 0 atom stereocenters. The van der Waals surface area contributed by atoms with Crippen molar-refractivity contribution in [3.63, 3.8) is 0 Å². The van der Waals surface area contributed by atoms with Crippen molar-refractivity contribution in [2.24, 2.45) is 4.99 Å². The van der Waals surface area contributed by atoms with Crippen LogP contribution < -0.4 is 0 Å². The Labute approximate surface area is 153 Å². The van der Waals surface area contributed by atoms with E-state index < -0.39 is 0 Å². The molecular formula is C20H20Cl2N2. The smallest absolute Gasteiger partial charge is 0.131 e. The molecule has 2 aromatic rings. The summed E-state index contributed by atoms with van der Waals surface area (Å²) in [5.41, 5.74) is 4.04. The van der Waals surface area contributed by atoms with Crippen LogP contribution in [0.25, 0.3) is 11.1 Å². The summed E-state index contributed by atoms with van der Waals surface area (Å²) in [5, 5.41) is 1.40. The predicted octanol–water partition coefficient (Wildman–Crippen LogP) is 5.68. The van der Waals surface area contributed by atoms with Gasteiger partial charge in [0.15, 0.2) is 0 Å². The second kappa shape index (κ2) is 8.18. The first-order chi connectivity index (χ1) is 11.5. The highest BCUT2D eigenvalue weighted by Crippen LogP contribution is 2.30. The van der Waals surface area contributed by atoms with E-state index in [0.29, 0.717) is 10.0 Å². The largest absolute Gasteiger partial charge is 0.363 e. The fourth-order valence-electron chi connectivity index (χ4n) is 2.55. The molecule has 0 saturated heterocycles. The molecule has 0 saturated carbocycles. The third-order valence-corrected chi connectivity index (χ3v) is 4.12. The van der Waals surface area contributed by atoms with E-state index in [2.05, 4.69) is 11.6 Å². The van der Waals surface area contributed by atoms with Crippen molar-refractivity contribution in [2.45, 2.75) is 0 Å². The van der Waals surface area contributed by atoms with Crippen molar-refractivity contribution in [2.75, 3.05) is 21.1 Å². The van der Waals surface area contributed by atoms with Gasteiger partial charge in [0.05, 0.1) is 0 Å². The number of aliphatic imine (C=N–C) groups is 1. The normalized spacial score (nSPS) is 12.6. The van der Waals surface area contributed by atoms with E-state index in [0.717, 1.165) is 28.1 Å². The Morgan fingerprint density at radius 1 is 0.917 bits per heavy atom. The Morgan fingerprint density at radius 3 is 1.75 bits per heavy atom. The zero-order chi connectivity index (χ0) is 17.7. The molecule has 0 N–H and O–H groups in total. The quantitative estimate of drug-likeness (QED) is 0.297. The molecule has 0 aliphatic rings. The Balaban J connectivity index is 2.77. The molecule has 2 nitrogen and oxygen atoms in total. The minimum Gasteiger partial charge on any atom is -0.363 e. The number of hydrogen-bond acceptors (Lipinski definition) is 1. The van der Waals surface area contributed by atoms with Gasteiger partial charge in [-0.1, -0.05) is 60.1 Å². The molecule has 0 aliphatic carbocycles. The number of benzene rings is 2. The number of amidine groups is 1. The topological polar surface area (TPSA) is 15.6 Å². The second-order valence-electron chi connectivity index (χ2n) is 5.45. The summed E-state index contributed by atoms with van der Waals surface area (Å²) < 4.78 is 0. The first-order valence-electron chi connectivity index (χ1n) is 7.51. The summed E-state index contributed by atoms with van der Waals surface area (Å²) in [6.07, 6.45) is 1.85. The molecule has 0 radical (unpaired) electrons. The molecule has 0 fully saturated rings. The van der Waals surface area contributed by atoms with Gasteiger partial charge < -0.3 is 4.90 Å². The molecule has 2 rings (SSSR count). The van der Waals surface area contributed by atoms with Crippen LogP contribution in [0.3, 0.4) is 0 Å². The summed E-state index contributed by atoms with van der Waals surface area (Å²) >= 11 is 12.1. The highest BCUT2D eigenvalue weighted by Gasteiger charge is 2.17. The monoisotopic (exact) mass is 358 g/mol. The molecule has 0 aromatic heterocycles. The lowest BCUT2D eigenvalue weighted by atomic mass is 9.93. The van der Waals surface area contributed by atoms with Crippen LogP contribution in [-0.4, -0.2) is 31.9 Å². The molecule has 0 heterocycles. The molecule has 124 valence electrons. The molecule has 0 spiro atoms. The first-order valence-corrected chi connectivity index (χ1v) is 8.26. The third-order valence-electron chi connectivity index (χ3n) is 3.62. The van der Waals surface area contributed by atoms with Gasteiger partial charge in [-0.05, 0) is 41.0 Å². The van der Waals surface area contributed by atoms with Crippen LogP contribution in [0.15, 0.2) is 66.2 Å². The van der Waals surface area contributed by atoms with Gasteiger partial charge in [-0.3, -0.25) is 4.99 Å². The van der Waals surface area contributed by atoms with E-state index in [1.54, 1.807) is 7.05 Å². The Kier molecular flexibility index (Phi) is 6.24. The van der Waals surface area contributed by atoms with Gasteiger partial charge in [-0.15, -0.1) is 0 Å². The average Bonchev–Trinajstić information content (AvgIpc) is 2.57. The van der Waals surface area contributed by atoms with Gasteiger partial charge in [0.2, 0.25) is 0 Å². The average molecular weight is 359 g/mol. The lowest BCUT2D eigenvalue weighted by Crippen LogP contribution is -2.24. The van der Waals surface area contributed by atoms with Gasteiger partial charge in [0, 0.05) is 36.8 Å². The molecule has 0 bridgehead atoms. The van der Waals surface area contributed by atoms with E-state index in [9.17, 15) is 0 Å². The molecule has 2 aromatic carbocycles. The number of likely N-dealkylation sites (N-methyl/N-ethyl adjacent to an activating group) is 1. The van der Waals surface area contributed by atoms with Gasteiger partial charge >= 0.3 is 0 Å². The summed E-state index contributed by atoms with van der Waals surface area (Å²) in [6.45, 7) is 4.01. The van der Waals surface area contributed by atoms with Crippen molar-refractivity contribution < 1.29 is 0 Å². The molecule has 0 aliphatic heterocycles. The minimum absolute atomic E-state index is 0.699. The van der Waals surface area contributed by atoms with Gasteiger partial charge in [-0.25, -0.2) is 0 Å². The van der Waals surface area contributed by atoms with E-state index >= 15 is 0 Å². The fraction of sp³-hybridized carbons (Fsp3) is 0.150. The summed E-state index contributed by atoms with van der Waals surface area (Å²) in [5.74, 6) is 0.863. The van der Waals surface area contributed by atoms with Crippen molar-refractivity contribution >= 4 is 40.2 Å². The highest BCUT2D eigenvalue weighted by molar-refractivity contribution is 6.32. The zero-order valence-corrected chi connectivity index (χ0v) is 15.6. The zero-order valence-electron chi connectivity index (χ0n) is 14.1. The number of halogens is 2. The number of hydrogen-bond donors (Lipinski definition) is 0. The molecule has 0 amide bonds. The van der Waals surface area contributed by atoms with E-state index in [4.69, 9.17) is 23.2 Å². The third kappa shape index (κ3) is 4.08. The van der Waals surface area contributed by atoms with Crippen molar-refractivity contribution in [1.29, 1.82) is 0 Å². The van der Waals surface area contributed by atoms with Crippen molar-refractivity contribution in [3.8, 4) is 0 Å². The molecule has 0 unspecified atom stereocenters. The SMILES string of the molecule is C=C/C(=C(\C(=NC)N(C)C)c1ccc(Cl)cc1)c1ccc(Cl)cc1. The predicted molar refractivity (Wildman–Crippen MR) is 107 cm³/mol. The lowest BCUT2D eigenvalue weighted by Gasteiger charge is -2.22. The first kappa shape index (κ1) is 18.3. The van der Waals surface area contributed by atoms with Crippen LogP contribution in [-0.2, 0) is 0 Å². The van der Waals surface area contributed by atoms with E-state index in [-0.39, 0.29) is 0 Å². The molecule has 24 heavy (non-hydrogen) atoms. The Morgan fingerprint density at radius 2 is 1.38 bits per heavy atom. The van der Waals surface area contributed by atoms with Crippen molar-refractivity contribution in [1.82, 2.24) is 4.90 Å². The molecular weight excluding hydrogens is 339 g/mol. The summed E-state index contributed by atoms with van der Waals surface area (Å²) in [6, 6.07) is 15.5. The van der Waals surface area contributed by atoms with Crippen LogP contribution in [0.1, 0.15) is 11.1 Å². The fourth-order valence-corrected chi connectivity index (χ4v) is 2.80.